The maximum Gasteiger partial charge on any atom is 0.261 e. The molecule has 2 amide bonds. The minimum Gasteiger partial charge on any atom is -0.484 e. The molecule has 0 saturated carbocycles. The van der Waals surface area contributed by atoms with Gasteiger partial charge in [0.05, 0.1) is 18.1 Å². The van der Waals surface area contributed by atoms with E-state index < -0.39 is 40.3 Å². The second-order valence-electron chi connectivity index (χ2n) is 11.1. The largest absolute Gasteiger partial charge is 0.484 e. The molecular formula is C35H34Cl2FN3O6S. The van der Waals surface area contributed by atoms with E-state index in [1.54, 1.807) is 30.3 Å². The van der Waals surface area contributed by atoms with Crippen LogP contribution in [0.5, 0.6) is 5.75 Å². The van der Waals surface area contributed by atoms with Crippen molar-refractivity contribution in [3.8, 4) is 5.75 Å². The van der Waals surface area contributed by atoms with Crippen LogP contribution in [0.4, 0.5) is 4.39 Å². The molecule has 0 aliphatic carbocycles. The molecule has 0 spiro atoms. The molecule has 1 saturated heterocycles. The zero-order chi connectivity index (χ0) is 34.1. The molecule has 1 N–H and O–H groups in total. The van der Waals surface area contributed by atoms with Crippen molar-refractivity contribution in [3.05, 3.63) is 130 Å². The first-order chi connectivity index (χ1) is 23.1. The second-order valence-corrected chi connectivity index (χ2v) is 13.9. The van der Waals surface area contributed by atoms with E-state index >= 15 is 0 Å². The van der Waals surface area contributed by atoms with Gasteiger partial charge < -0.3 is 19.7 Å². The highest BCUT2D eigenvalue weighted by Crippen LogP contribution is 2.23. The van der Waals surface area contributed by atoms with E-state index in [2.05, 4.69) is 5.32 Å². The Morgan fingerprint density at radius 2 is 1.60 bits per heavy atom. The zero-order valence-corrected chi connectivity index (χ0v) is 28.2. The van der Waals surface area contributed by atoms with Gasteiger partial charge in [-0.2, -0.15) is 4.31 Å². The fraction of sp³-hybridized carbons (Fsp3) is 0.257. The van der Waals surface area contributed by atoms with Crippen LogP contribution < -0.4 is 10.1 Å². The van der Waals surface area contributed by atoms with Gasteiger partial charge in [-0.15, -0.1) is 0 Å². The molecule has 1 aliphatic rings. The Balaban J connectivity index is 1.37. The highest BCUT2D eigenvalue weighted by Gasteiger charge is 2.31. The maximum absolute atomic E-state index is 13.9. The maximum atomic E-state index is 13.9. The smallest absolute Gasteiger partial charge is 0.261 e. The van der Waals surface area contributed by atoms with Crippen molar-refractivity contribution in [1.29, 1.82) is 0 Å². The van der Waals surface area contributed by atoms with Gasteiger partial charge in [-0.25, -0.2) is 12.8 Å². The Morgan fingerprint density at radius 3 is 2.27 bits per heavy atom. The number of hydrogen-bond acceptors (Lipinski definition) is 6. The molecule has 4 aromatic carbocycles. The monoisotopic (exact) mass is 713 g/mol. The molecule has 252 valence electrons. The van der Waals surface area contributed by atoms with E-state index in [0.29, 0.717) is 34.4 Å². The number of amides is 2. The average molecular weight is 715 g/mol. The number of carbonyl (C=O) groups is 2. The van der Waals surface area contributed by atoms with E-state index in [1.807, 2.05) is 30.3 Å². The molecule has 4 aromatic rings. The Hall–Kier alpha value is -4.00. The topological polar surface area (TPSA) is 105 Å². The van der Waals surface area contributed by atoms with Crippen LogP contribution in [-0.4, -0.2) is 68.4 Å². The molecule has 0 bridgehead atoms. The van der Waals surface area contributed by atoms with Crippen molar-refractivity contribution in [1.82, 2.24) is 14.5 Å². The Labute approximate surface area is 289 Å². The van der Waals surface area contributed by atoms with Gasteiger partial charge in [0.1, 0.15) is 17.6 Å². The van der Waals surface area contributed by atoms with Gasteiger partial charge >= 0.3 is 0 Å². The number of hydrogen-bond donors (Lipinski definition) is 1. The highest BCUT2D eigenvalue weighted by molar-refractivity contribution is 7.89. The number of carbonyl (C=O) groups excluding carboxylic acids is 2. The quantitative estimate of drug-likeness (QED) is 0.197. The van der Waals surface area contributed by atoms with Crippen molar-refractivity contribution >= 4 is 45.0 Å². The number of benzene rings is 4. The number of ether oxygens (including phenoxy) is 2. The Kier molecular flexibility index (Phi) is 12.1. The fourth-order valence-electron chi connectivity index (χ4n) is 5.18. The van der Waals surface area contributed by atoms with E-state index in [4.69, 9.17) is 32.7 Å². The summed E-state index contributed by atoms with van der Waals surface area (Å²) in [6.07, 6.45) is 0.183. The fourth-order valence-corrected chi connectivity index (χ4v) is 7.06. The van der Waals surface area contributed by atoms with Crippen LogP contribution >= 0.6 is 23.2 Å². The van der Waals surface area contributed by atoms with E-state index in [1.165, 1.54) is 45.6 Å². The lowest BCUT2D eigenvalue weighted by Gasteiger charge is -2.31. The highest BCUT2D eigenvalue weighted by atomic mass is 35.5. The van der Waals surface area contributed by atoms with Crippen LogP contribution in [-0.2, 0) is 43.9 Å². The molecule has 0 aromatic heterocycles. The first-order valence-corrected chi connectivity index (χ1v) is 17.4. The van der Waals surface area contributed by atoms with E-state index in [-0.39, 0.29) is 43.2 Å². The van der Waals surface area contributed by atoms with Crippen LogP contribution in [0.3, 0.4) is 0 Å². The summed E-state index contributed by atoms with van der Waals surface area (Å²) in [7, 11) is -3.71. The van der Waals surface area contributed by atoms with E-state index in [0.717, 1.165) is 5.56 Å². The number of nitrogens with zero attached hydrogens (tertiary/aromatic N) is 2. The van der Waals surface area contributed by atoms with Gasteiger partial charge in [0.15, 0.2) is 6.61 Å². The second kappa shape index (κ2) is 16.4. The molecule has 1 aliphatic heterocycles. The molecule has 5 rings (SSSR count). The predicted molar refractivity (Wildman–Crippen MR) is 181 cm³/mol. The molecule has 1 heterocycles. The van der Waals surface area contributed by atoms with Crippen LogP contribution in [0.1, 0.15) is 16.7 Å². The van der Waals surface area contributed by atoms with Crippen LogP contribution in [0, 0.1) is 5.82 Å². The molecule has 13 heteroatoms. The van der Waals surface area contributed by atoms with Gasteiger partial charge in [0.25, 0.3) is 5.91 Å². The molecule has 48 heavy (non-hydrogen) atoms. The summed E-state index contributed by atoms with van der Waals surface area (Å²) in [5, 5.41) is 3.75. The summed E-state index contributed by atoms with van der Waals surface area (Å²) in [5.41, 5.74) is 2.07. The number of sulfonamides is 1. The molecule has 1 atom stereocenters. The lowest BCUT2D eigenvalue weighted by molar-refractivity contribution is -0.142. The van der Waals surface area contributed by atoms with Gasteiger partial charge in [0, 0.05) is 42.6 Å². The number of rotatable bonds is 13. The average Bonchev–Trinajstić information content (AvgIpc) is 3.10. The SMILES string of the molecule is O=C(NCc1ccc(Cl)cc1Cl)C(Cc1ccccc1)N(Cc1ccc(F)cc1)C(=O)COc1ccc(S(=O)(=O)N2CCOCC2)cc1. The number of halogens is 3. The lowest BCUT2D eigenvalue weighted by Crippen LogP contribution is -2.51. The predicted octanol–water partition coefficient (Wildman–Crippen LogP) is 5.49. The van der Waals surface area contributed by atoms with Crippen molar-refractivity contribution in [3.63, 3.8) is 0 Å². The van der Waals surface area contributed by atoms with Crippen LogP contribution in [0.15, 0.2) is 102 Å². The zero-order valence-electron chi connectivity index (χ0n) is 25.9. The minimum absolute atomic E-state index is 0.00811. The van der Waals surface area contributed by atoms with Gasteiger partial charge in [-0.3, -0.25) is 9.59 Å². The summed E-state index contributed by atoms with van der Waals surface area (Å²) in [6, 6.07) is 24.7. The summed E-state index contributed by atoms with van der Waals surface area (Å²) in [6.45, 7) is 0.830. The summed E-state index contributed by atoms with van der Waals surface area (Å²) in [5.74, 6) is -1.10. The third-order valence-corrected chi connectivity index (χ3v) is 10.3. The first-order valence-electron chi connectivity index (χ1n) is 15.2. The first kappa shape index (κ1) is 35.3. The number of morpholine rings is 1. The van der Waals surface area contributed by atoms with Gasteiger partial charge in [-0.05, 0) is 65.2 Å². The third kappa shape index (κ3) is 9.33. The Bertz CT molecular complexity index is 1810. The molecule has 1 unspecified atom stereocenters. The van der Waals surface area contributed by atoms with Crippen molar-refractivity contribution in [2.24, 2.45) is 0 Å². The summed E-state index contributed by atoms with van der Waals surface area (Å²) in [4.78, 5) is 29.3. The standard InChI is InChI=1S/C35H34Cl2FN3O6S/c36-28-9-8-27(32(37)21-28)22-39-35(43)33(20-25-4-2-1-3-5-25)41(23-26-6-10-29(38)11-7-26)34(42)24-47-30-12-14-31(15-13-30)48(44,45)40-16-18-46-19-17-40/h1-15,21,33H,16-20,22-24H2,(H,39,43). The molecule has 0 radical (unpaired) electrons. The minimum atomic E-state index is -3.71. The lowest BCUT2D eigenvalue weighted by atomic mass is 10.0. The number of nitrogens with one attached hydrogen (secondary N) is 1. The van der Waals surface area contributed by atoms with E-state index in [9.17, 15) is 22.4 Å². The van der Waals surface area contributed by atoms with Crippen molar-refractivity contribution < 1.29 is 31.9 Å². The van der Waals surface area contributed by atoms with Crippen molar-refractivity contribution in [2.45, 2.75) is 30.4 Å². The Morgan fingerprint density at radius 1 is 0.917 bits per heavy atom. The molecule has 9 nitrogen and oxygen atoms in total. The molecular weight excluding hydrogens is 680 g/mol. The van der Waals surface area contributed by atoms with Gasteiger partial charge in [0.2, 0.25) is 15.9 Å². The van der Waals surface area contributed by atoms with Crippen molar-refractivity contribution in [2.75, 3.05) is 32.9 Å². The van der Waals surface area contributed by atoms with Crippen LogP contribution in [0.2, 0.25) is 10.0 Å². The van der Waals surface area contributed by atoms with Crippen LogP contribution in [0.25, 0.3) is 0 Å². The third-order valence-electron chi connectivity index (χ3n) is 7.80. The normalized spacial score (nSPS) is 14.2. The summed E-state index contributed by atoms with van der Waals surface area (Å²) >= 11 is 12.4. The molecule has 1 fully saturated rings. The summed E-state index contributed by atoms with van der Waals surface area (Å²) < 4.78 is 52.2. The van der Waals surface area contributed by atoms with Gasteiger partial charge in [-0.1, -0.05) is 71.7 Å².